The molecule has 0 unspecified atom stereocenters. The van der Waals surface area contributed by atoms with E-state index in [1.54, 1.807) is 0 Å². The summed E-state index contributed by atoms with van der Waals surface area (Å²) in [5.74, 6) is 0. The van der Waals surface area contributed by atoms with Crippen molar-refractivity contribution in [1.29, 1.82) is 0 Å². The molecule has 220 valence electrons. The fraction of sp³-hybridized carbons (Fsp3) is 0.0682. The van der Waals surface area contributed by atoms with E-state index in [1.807, 2.05) is 18.5 Å². The smallest absolute Gasteiger partial charge is 0.0473 e. The Hall–Kier alpha value is -5.73. The molecule has 0 radical (unpaired) electrons. The molecule has 0 atom stereocenters. The zero-order chi connectivity index (χ0) is 31.1. The Morgan fingerprint density at radius 1 is 0.413 bits per heavy atom. The van der Waals surface area contributed by atoms with Gasteiger partial charge in [0.15, 0.2) is 0 Å². The molecular formula is C44H34N2. The van der Waals surface area contributed by atoms with Gasteiger partial charge in [-0.2, -0.15) is 0 Å². The van der Waals surface area contributed by atoms with Gasteiger partial charge in [-0.1, -0.05) is 123 Å². The van der Waals surface area contributed by atoms with Crippen molar-refractivity contribution >= 4 is 17.1 Å². The second kappa shape index (κ2) is 11.3. The molecule has 1 heterocycles. The SMILES string of the molecule is CC1(C)c2ccccc2-c2ccc(N(c3ccc(-c4cccnc4)cc3)c3cc(-c4ccccc4)cc(-c4ccccc4)c3)cc21. The first kappa shape index (κ1) is 27.8. The van der Waals surface area contributed by atoms with Gasteiger partial charge < -0.3 is 4.90 Å². The number of fused-ring (bicyclic) bond motifs is 3. The van der Waals surface area contributed by atoms with Crippen LogP contribution >= 0.6 is 0 Å². The molecule has 2 heteroatoms. The van der Waals surface area contributed by atoms with E-state index >= 15 is 0 Å². The van der Waals surface area contributed by atoms with E-state index in [4.69, 9.17) is 0 Å². The molecule has 2 nitrogen and oxygen atoms in total. The molecule has 0 bridgehead atoms. The zero-order valence-electron chi connectivity index (χ0n) is 26.1. The van der Waals surface area contributed by atoms with E-state index in [-0.39, 0.29) is 5.41 Å². The van der Waals surface area contributed by atoms with Crippen molar-refractivity contribution in [3.05, 3.63) is 181 Å². The third-order valence-corrected chi connectivity index (χ3v) is 9.34. The van der Waals surface area contributed by atoms with Crippen molar-refractivity contribution in [2.24, 2.45) is 0 Å². The van der Waals surface area contributed by atoms with Gasteiger partial charge >= 0.3 is 0 Å². The lowest BCUT2D eigenvalue weighted by molar-refractivity contribution is 0.660. The quantitative estimate of drug-likeness (QED) is 0.191. The van der Waals surface area contributed by atoms with E-state index in [1.165, 1.54) is 44.5 Å². The minimum atomic E-state index is -0.0984. The molecule has 0 saturated heterocycles. The van der Waals surface area contributed by atoms with Crippen molar-refractivity contribution in [3.63, 3.8) is 0 Å². The lowest BCUT2D eigenvalue weighted by atomic mass is 9.82. The predicted octanol–water partition coefficient (Wildman–Crippen LogP) is 11.9. The van der Waals surface area contributed by atoms with Gasteiger partial charge in [0.25, 0.3) is 0 Å². The summed E-state index contributed by atoms with van der Waals surface area (Å²) in [6.07, 6.45) is 3.74. The summed E-state index contributed by atoms with van der Waals surface area (Å²) in [4.78, 5) is 6.75. The van der Waals surface area contributed by atoms with Gasteiger partial charge in [0.1, 0.15) is 0 Å². The van der Waals surface area contributed by atoms with E-state index in [0.29, 0.717) is 0 Å². The fourth-order valence-corrected chi connectivity index (χ4v) is 6.95. The Balaban J connectivity index is 1.34. The molecular weight excluding hydrogens is 556 g/mol. The fourth-order valence-electron chi connectivity index (χ4n) is 6.95. The van der Waals surface area contributed by atoms with Gasteiger partial charge in [-0.15, -0.1) is 0 Å². The van der Waals surface area contributed by atoms with E-state index in [0.717, 1.165) is 28.2 Å². The molecule has 1 aliphatic rings. The molecule has 1 aliphatic carbocycles. The molecule has 0 aliphatic heterocycles. The summed E-state index contributed by atoms with van der Waals surface area (Å²) in [7, 11) is 0. The third-order valence-electron chi connectivity index (χ3n) is 9.34. The van der Waals surface area contributed by atoms with Gasteiger partial charge in [0.05, 0.1) is 0 Å². The topological polar surface area (TPSA) is 16.1 Å². The number of hydrogen-bond acceptors (Lipinski definition) is 2. The minimum absolute atomic E-state index is 0.0984. The van der Waals surface area contributed by atoms with Crippen LogP contribution in [0.3, 0.4) is 0 Å². The van der Waals surface area contributed by atoms with Crippen molar-refractivity contribution in [1.82, 2.24) is 4.98 Å². The lowest BCUT2D eigenvalue weighted by Gasteiger charge is -2.29. The first-order valence-corrected chi connectivity index (χ1v) is 15.9. The van der Waals surface area contributed by atoms with E-state index in [2.05, 4.69) is 175 Å². The Morgan fingerprint density at radius 3 is 1.63 bits per heavy atom. The second-order valence-corrected chi connectivity index (χ2v) is 12.5. The van der Waals surface area contributed by atoms with Crippen LogP contribution < -0.4 is 4.90 Å². The van der Waals surface area contributed by atoms with E-state index < -0.39 is 0 Å². The molecule has 46 heavy (non-hydrogen) atoms. The zero-order valence-corrected chi connectivity index (χ0v) is 26.1. The van der Waals surface area contributed by atoms with Crippen molar-refractivity contribution < 1.29 is 0 Å². The Morgan fingerprint density at radius 2 is 0.978 bits per heavy atom. The molecule has 0 fully saturated rings. The Kier molecular flexibility index (Phi) is 6.84. The highest BCUT2D eigenvalue weighted by molar-refractivity contribution is 5.88. The highest BCUT2D eigenvalue weighted by Gasteiger charge is 2.35. The summed E-state index contributed by atoms with van der Waals surface area (Å²) >= 11 is 0. The van der Waals surface area contributed by atoms with Crippen molar-refractivity contribution in [2.75, 3.05) is 4.90 Å². The summed E-state index contributed by atoms with van der Waals surface area (Å²) in [5, 5.41) is 0. The average Bonchev–Trinajstić information content (AvgIpc) is 3.35. The average molecular weight is 591 g/mol. The normalized spacial score (nSPS) is 12.7. The van der Waals surface area contributed by atoms with Crippen LogP contribution in [0.1, 0.15) is 25.0 Å². The van der Waals surface area contributed by atoms with Gasteiger partial charge in [-0.05, 0) is 104 Å². The van der Waals surface area contributed by atoms with Gasteiger partial charge in [0.2, 0.25) is 0 Å². The van der Waals surface area contributed by atoms with Gasteiger partial charge in [0, 0.05) is 34.9 Å². The monoisotopic (exact) mass is 590 g/mol. The molecule has 0 amide bonds. The summed E-state index contributed by atoms with van der Waals surface area (Å²) in [5.41, 5.74) is 15.6. The van der Waals surface area contributed by atoms with Gasteiger partial charge in [-0.25, -0.2) is 0 Å². The number of rotatable bonds is 6. The minimum Gasteiger partial charge on any atom is -0.310 e. The van der Waals surface area contributed by atoms with Crippen LogP contribution in [0.2, 0.25) is 0 Å². The first-order valence-electron chi connectivity index (χ1n) is 15.9. The number of benzene rings is 6. The third kappa shape index (κ3) is 4.89. The van der Waals surface area contributed by atoms with Crippen LogP contribution in [-0.4, -0.2) is 4.98 Å². The molecule has 1 aromatic heterocycles. The predicted molar refractivity (Wildman–Crippen MR) is 193 cm³/mol. The number of anilines is 3. The molecule has 0 saturated carbocycles. The number of aromatic nitrogens is 1. The Labute approximate surface area is 271 Å². The van der Waals surface area contributed by atoms with Crippen molar-refractivity contribution in [3.8, 4) is 44.5 Å². The summed E-state index contributed by atoms with van der Waals surface area (Å²) < 4.78 is 0. The van der Waals surface area contributed by atoms with Crippen LogP contribution in [0.15, 0.2) is 170 Å². The maximum Gasteiger partial charge on any atom is 0.0473 e. The molecule has 6 aromatic carbocycles. The number of pyridine rings is 1. The van der Waals surface area contributed by atoms with Crippen LogP contribution in [-0.2, 0) is 5.41 Å². The highest BCUT2D eigenvalue weighted by atomic mass is 15.1. The molecule has 0 spiro atoms. The van der Waals surface area contributed by atoms with Crippen LogP contribution in [0.25, 0.3) is 44.5 Å². The van der Waals surface area contributed by atoms with Crippen LogP contribution in [0.5, 0.6) is 0 Å². The summed E-state index contributed by atoms with van der Waals surface area (Å²) in [6, 6.07) is 57.1. The molecule has 0 N–H and O–H groups in total. The van der Waals surface area contributed by atoms with Crippen LogP contribution in [0, 0.1) is 0 Å². The number of hydrogen-bond donors (Lipinski definition) is 0. The highest BCUT2D eigenvalue weighted by Crippen LogP contribution is 2.51. The first-order chi connectivity index (χ1) is 22.6. The largest absolute Gasteiger partial charge is 0.310 e. The second-order valence-electron chi connectivity index (χ2n) is 12.5. The molecule has 8 rings (SSSR count). The molecule has 7 aromatic rings. The van der Waals surface area contributed by atoms with Crippen LogP contribution in [0.4, 0.5) is 17.1 Å². The number of nitrogens with zero attached hydrogens (tertiary/aromatic N) is 2. The standard InChI is InChI=1S/C44H34N2/c1-44(2)42-18-10-9-17-40(42)41-24-23-38(29-43(41)44)46(37-21-19-33(20-22-37)34-16-11-25-45-30-34)39-27-35(31-12-5-3-6-13-31)26-36(28-39)32-14-7-4-8-15-32/h3-30H,1-2H3. The van der Waals surface area contributed by atoms with Crippen molar-refractivity contribution in [2.45, 2.75) is 19.3 Å². The summed E-state index contributed by atoms with van der Waals surface area (Å²) in [6.45, 7) is 4.69. The van der Waals surface area contributed by atoms with Gasteiger partial charge in [-0.3, -0.25) is 4.98 Å². The maximum absolute atomic E-state index is 4.34. The Bertz CT molecular complexity index is 2090. The lowest BCUT2D eigenvalue weighted by Crippen LogP contribution is -2.16. The maximum atomic E-state index is 4.34. The van der Waals surface area contributed by atoms with E-state index in [9.17, 15) is 0 Å².